The van der Waals surface area contributed by atoms with E-state index in [9.17, 15) is 0 Å². The molecule has 1 fully saturated rings. The average Bonchev–Trinajstić information content (AvgIpc) is 2.31. The van der Waals surface area contributed by atoms with E-state index in [1.165, 1.54) is 6.42 Å². The third-order valence-electron chi connectivity index (χ3n) is 3.15. The van der Waals surface area contributed by atoms with Crippen molar-refractivity contribution in [3.63, 3.8) is 0 Å². The Labute approximate surface area is 111 Å². The Bertz CT molecular complexity index is 399. The highest BCUT2D eigenvalue weighted by atomic mass is 35.5. The van der Waals surface area contributed by atoms with Gasteiger partial charge in [0, 0.05) is 26.2 Å². The molecule has 0 aliphatic heterocycles. The Morgan fingerprint density at radius 1 is 1.39 bits per heavy atom. The van der Waals surface area contributed by atoms with E-state index >= 15 is 0 Å². The summed E-state index contributed by atoms with van der Waals surface area (Å²) in [7, 11) is 1.75. The standard InChI is InChI=1S/C11H18ClN5O/c1-13-10-14-9(12)15-11(16-10)17(6-3-7-18)8-4-2-5-8/h8,18H,2-7H2,1H3,(H,13,14,15,16). The molecule has 2 N–H and O–H groups in total. The minimum absolute atomic E-state index is 0.168. The van der Waals surface area contributed by atoms with Crippen molar-refractivity contribution in [3.05, 3.63) is 5.28 Å². The van der Waals surface area contributed by atoms with Crippen LogP contribution in [0.1, 0.15) is 25.7 Å². The molecule has 1 aromatic rings. The van der Waals surface area contributed by atoms with Crippen LogP contribution in [0.5, 0.6) is 0 Å². The monoisotopic (exact) mass is 271 g/mol. The molecule has 0 saturated heterocycles. The van der Waals surface area contributed by atoms with Gasteiger partial charge in [-0.3, -0.25) is 0 Å². The van der Waals surface area contributed by atoms with Gasteiger partial charge in [0.2, 0.25) is 17.2 Å². The summed E-state index contributed by atoms with van der Waals surface area (Å²) in [5.74, 6) is 1.07. The van der Waals surface area contributed by atoms with Crippen molar-refractivity contribution in [2.45, 2.75) is 31.7 Å². The maximum Gasteiger partial charge on any atom is 0.231 e. The van der Waals surface area contributed by atoms with Crippen molar-refractivity contribution in [2.24, 2.45) is 0 Å². The van der Waals surface area contributed by atoms with Gasteiger partial charge in [-0.1, -0.05) is 0 Å². The highest BCUT2D eigenvalue weighted by molar-refractivity contribution is 6.28. The predicted molar refractivity (Wildman–Crippen MR) is 71.1 cm³/mol. The van der Waals surface area contributed by atoms with Gasteiger partial charge in [-0.05, 0) is 37.3 Å². The van der Waals surface area contributed by atoms with Crippen molar-refractivity contribution in [2.75, 3.05) is 30.4 Å². The Balaban J connectivity index is 2.19. The zero-order valence-electron chi connectivity index (χ0n) is 10.4. The van der Waals surface area contributed by atoms with Crippen LogP contribution in [0.4, 0.5) is 11.9 Å². The summed E-state index contributed by atoms with van der Waals surface area (Å²) in [5, 5.41) is 12.0. The molecule has 1 aliphatic rings. The number of nitrogens with zero attached hydrogens (tertiary/aromatic N) is 4. The largest absolute Gasteiger partial charge is 0.396 e. The fraction of sp³-hybridized carbons (Fsp3) is 0.727. The Morgan fingerprint density at radius 2 is 2.17 bits per heavy atom. The van der Waals surface area contributed by atoms with Crippen LogP contribution in [0.15, 0.2) is 0 Å². The van der Waals surface area contributed by atoms with Gasteiger partial charge in [0.1, 0.15) is 0 Å². The summed E-state index contributed by atoms with van der Waals surface area (Å²) >= 11 is 5.89. The molecule has 18 heavy (non-hydrogen) atoms. The van der Waals surface area contributed by atoms with E-state index in [2.05, 4.69) is 25.2 Å². The fourth-order valence-corrected chi connectivity index (χ4v) is 2.12. The summed E-state index contributed by atoms with van der Waals surface area (Å²) in [6, 6.07) is 0.458. The first-order chi connectivity index (χ1) is 8.74. The highest BCUT2D eigenvalue weighted by Gasteiger charge is 2.27. The Hall–Kier alpha value is -1.14. The molecule has 6 nitrogen and oxygen atoms in total. The van der Waals surface area contributed by atoms with Crippen LogP contribution in [0, 0.1) is 0 Å². The van der Waals surface area contributed by atoms with Gasteiger partial charge in [0.05, 0.1) is 0 Å². The molecule has 1 aromatic heterocycles. The van der Waals surface area contributed by atoms with Gasteiger partial charge in [-0.15, -0.1) is 0 Å². The number of aliphatic hydroxyl groups excluding tert-OH is 1. The predicted octanol–water partition coefficient (Wildman–Crippen LogP) is 1.31. The molecule has 0 bridgehead atoms. The third-order valence-corrected chi connectivity index (χ3v) is 3.32. The summed E-state index contributed by atoms with van der Waals surface area (Å²) in [5.41, 5.74) is 0. The van der Waals surface area contributed by atoms with Gasteiger partial charge >= 0.3 is 0 Å². The number of anilines is 2. The number of hydrogen-bond acceptors (Lipinski definition) is 6. The number of rotatable bonds is 6. The van der Waals surface area contributed by atoms with Crippen LogP contribution in [0.3, 0.4) is 0 Å². The first-order valence-corrected chi connectivity index (χ1v) is 6.59. The SMILES string of the molecule is CNc1nc(Cl)nc(N(CCCO)C2CCC2)n1. The molecule has 0 spiro atoms. The zero-order valence-corrected chi connectivity index (χ0v) is 11.2. The first-order valence-electron chi connectivity index (χ1n) is 6.21. The summed E-state index contributed by atoms with van der Waals surface area (Å²) in [6.45, 7) is 0.908. The maximum absolute atomic E-state index is 8.97. The summed E-state index contributed by atoms with van der Waals surface area (Å²) < 4.78 is 0. The lowest BCUT2D eigenvalue weighted by Gasteiger charge is -2.37. The van der Waals surface area contributed by atoms with Crippen molar-refractivity contribution >= 4 is 23.5 Å². The lowest BCUT2D eigenvalue weighted by Crippen LogP contribution is -2.42. The molecule has 2 rings (SSSR count). The molecular weight excluding hydrogens is 254 g/mol. The third kappa shape index (κ3) is 3.00. The molecular formula is C11H18ClN5O. The topological polar surface area (TPSA) is 74.2 Å². The molecule has 7 heteroatoms. The molecule has 0 atom stereocenters. The van der Waals surface area contributed by atoms with Gasteiger partial charge < -0.3 is 15.3 Å². The average molecular weight is 272 g/mol. The van der Waals surface area contributed by atoms with Crippen LogP contribution in [-0.2, 0) is 0 Å². The van der Waals surface area contributed by atoms with Crippen LogP contribution >= 0.6 is 11.6 Å². The second-order valence-corrected chi connectivity index (χ2v) is 4.67. The van der Waals surface area contributed by atoms with Gasteiger partial charge in [-0.2, -0.15) is 15.0 Å². The lowest BCUT2D eigenvalue weighted by molar-refractivity contribution is 0.282. The smallest absolute Gasteiger partial charge is 0.231 e. The van der Waals surface area contributed by atoms with E-state index in [1.807, 2.05) is 0 Å². The second kappa shape index (κ2) is 6.15. The van der Waals surface area contributed by atoms with Gasteiger partial charge in [0.15, 0.2) is 0 Å². The normalized spacial score (nSPS) is 15.3. The minimum atomic E-state index is 0.168. The van der Waals surface area contributed by atoms with Crippen molar-refractivity contribution in [1.29, 1.82) is 0 Å². The van der Waals surface area contributed by atoms with Gasteiger partial charge in [-0.25, -0.2) is 0 Å². The summed E-state index contributed by atoms with van der Waals surface area (Å²) in [4.78, 5) is 14.6. The Kier molecular flexibility index (Phi) is 4.54. The van der Waals surface area contributed by atoms with E-state index in [4.69, 9.17) is 16.7 Å². The number of halogens is 1. The molecule has 0 aromatic carbocycles. The number of aliphatic hydroxyl groups is 1. The van der Waals surface area contributed by atoms with E-state index < -0.39 is 0 Å². The Morgan fingerprint density at radius 3 is 2.72 bits per heavy atom. The molecule has 0 radical (unpaired) electrons. The van der Waals surface area contributed by atoms with E-state index in [0.29, 0.717) is 24.4 Å². The molecule has 100 valence electrons. The zero-order chi connectivity index (χ0) is 13.0. The molecule has 1 heterocycles. The first kappa shape index (κ1) is 13.3. The molecule has 0 amide bonds. The highest BCUT2D eigenvalue weighted by Crippen LogP contribution is 2.28. The molecule has 1 aliphatic carbocycles. The number of nitrogens with one attached hydrogen (secondary N) is 1. The second-order valence-electron chi connectivity index (χ2n) is 4.33. The lowest BCUT2D eigenvalue weighted by atomic mass is 9.91. The quantitative estimate of drug-likeness (QED) is 0.813. The van der Waals surface area contributed by atoms with Crippen LogP contribution in [0.25, 0.3) is 0 Å². The van der Waals surface area contributed by atoms with E-state index in [0.717, 1.165) is 19.4 Å². The minimum Gasteiger partial charge on any atom is -0.396 e. The molecule has 1 saturated carbocycles. The maximum atomic E-state index is 8.97. The van der Waals surface area contributed by atoms with Crippen LogP contribution in [-0.4, -0.2) is 46.3 Å². The van der Waals surface area contributed by atoms with Crippen molar-refractivity contribution in [3.8, 4) is 0 Å². The van der Waals surface area contributed by atoms with E-state index in [-0.39, 0.29) is 11.9 Å². The van der Waals surface area contributed by atoms with Crippen LogP contribution < -0.4 is 10.2 Å². The number of aromatic nitrogens is 3. The van der Waals surface area contributed by atoms with Gasteiger partial charge in [0.25, 0.3) is 0 Å². The summed E-state index contributed by atoms with van der Waals surface area (Å²) in [6.07, 6.45) is 4.22. The van der Waals surface area contributed by atoms with Crippen molar-refractivity contribution in [1.82, 2.24) is 15.0 Å². The van der Waals surface area contributed by atoms with Crippen LogP contribution in [0.2, 0.25) is 5.28 Å². The molecule has 0 unspecified atom stereocenters. The number of hydrogen-bond donors (Lipinski definition) is 2. The van der Waals surface area contributed by atoms with Crippen molar-refractivity contribution < 1.29 is 5.11 Å². The fourth-order valence-electron chi connectivity index (χ4n) is 1.97. The van der Waals surface area contributed by atoms with E-state index in [1.54, 1.807) is 7.05 Å².